The minimum atomic E-state index is -0.448. The molecule has 1 aromatic heterocycles. The molecule has 2 atom stereocenters. The van der Waals surface area contributed by atoms with Crippen LogP contribution in [0.15, 0.2) is 29.0 Å². The maximum Gasteiger partial charge on any atom is 0.253 e. The number of likely N-dealkylation sites (N-methyl/N-ethyl adjacent to an activating group) is 1. The Balaban J connectivity index is 1.70. The molecule has 1 aliphatic heterocycles. The number of halogens is 1. The van der Waals surface area contributed by atoms with Crippen molar-refractivity contribution in [3.63, 3.8) is 0 Å². The highest BCUT2D eigenvalue weighted by atomic mass is 19.1. The van der Waals surface area contributed by atoms with Gasteiger partial charge in [-0.1, -0.05) is 13.8 Å². The van der Waals surface area contributed by atoms with Crippen molar-refractivity contribution in [1.82, 2.24) is 15.2 Å². The first-order valence-corrected chi connectivity index (χ1v) is 10.2. The lowest BCUT2D eigenvalue weighted by Gasteiger charge is -2.18. The third-order valence-electron chi connectivity index (χ3n) is 5.88. The van der Waals surface area contributed by atoms with Crippen LogP contribution >= 0.6 is 0 Å². The standard InChI is InChI=1S/C22H29FN4O2/c1-5-27(6-2)10-9-24-22(29)20-13(3)19(25-14(20)4)12-17-16-11-15(23)7-8-18(16)26-21(17)28/h7-8,11,16-17,25H,5-6,9-10,12H2,1-4H3,(H,24,29)/t16-,17-/m1/s1. The van der Waals surface area contributed by atoms with E-state index in [4.69, 9.17) is 0 Å². The van der Waals surface area contributed by atoms with E-state index < -0.39 is 5.92 Å². The van der Waals surface area contributed by atoms with E-state index in [9.17, 15) is 14.0 Å². The first-order chi connectivity index (χ1) is 13.8. The summed E-state index contributed by atoms with van der Waals surface area (Å²) in [4.78, 5) is 34.7. The molecule has 0 saturated carbocycles. The Morgan fingerprint density at radius 1 is 1.28 bits per heavy atom. The van der Waals surface area contributed by atoms with Crippen LogP contribution in [0.4, 0.5) is 4.39 Å². The molecular weight excluding hydrogens is 371 g/mol. The maximum atomic E-state index is 13.7. The summed E-state index contributed by atoms with van der Waals surface area (Å²) in [5.74, 6) is -1.49. The maximum absolute atomic E-state index is 13.7. The minimum absolute atomic E-state index is 0.115. The van der Waals surface area contributed by atoms with E-state index in [2.05, 4.69) is 34.0 Å². The third kappa shape index (κ3) is 4.40. The van der Waals surface area contributed by atoms with Crippen molar-refractivity contribution in [1.29, 1.82) is 0 Å². The lowest BCUT2D eigenvalue weighted by molar-refractivity contribution is -0.121. The van der Waals surface area contributed by atoms with Crippen LogP contribution in [0.3, 0.4) is 0 Å². The molecule has 0 spiro atoms. The average Bonchev–Trinajstić information content (AvgIpc) is 3.14. The number of aliphatic imine (C=N–C) groups is 1. The number of aromatic amines is 1. The molecule has 0 aromatic carbocycles. The minimum Gasteiger partial charge on any atom is -0.362 e. The van der Waals surface area contributed by atoms with Gasteiger partial charge < -0.3 is 15.2 Å². The van der Waals surface area contributed by atoms with Crippen LogP contribution in [0, 0.1) is 25.7 Å². The summed E-state index contributed by atoms with van der Waals surface area (Å²) in [5.41, 5.74) is 3.66. The van der Waals surface area contributed by atoms with E-state index in [1.54, 1.807) is 6.08 Å². The summed E-state index contributed by atoms with van der Waals surface area (Å²) in [6, 6.07) is 0. The summed E-state index contributed by atoms with van der Waals surface area (Å²) in [6.45, 7) is 11.2. The molecule has 3 rings (SSSR count). The molecule has 156 valence electrons. The first kappa shape index (κ1) is 21.2. The van der Waals surface area contributed by atoms with Crippen LogP contribution in [0.1, 0.15) is 41.2 Å². The second kappa shape index (κ2) is 8.86. The molecule has 2 heterocycles. The molecule has 0 fully saturated rings. The van der Waals surface area contributed by atoms with Crippen LogP contribution in [-0.4, -0.2) is 53.6 Å². The van der Waals surface area contributed by atoms with Gasteiger partial charge in [-0.05, 0) is 50.7 Å². The third-order valence-corrected chi connectivity index (χ3v) is 5.88. The topological polar surface area (TPSA) is 77.6 Å². The lowest BCUT2D eigenvalue weighted by Crippen LogP contribution is -2.35. The predicted molar refractivity (Wildman–Crippen MR) is 112 cm³/mol. The number of fused-ring (bicyclic) bond motifs is 1. The van der Waals surface area contributed by atoms with Crippen LogP contribution < -0.4 is 5.32 Å². The van der Waals surface area contributed by atoms with Crippen LogP contribution in [0.2, 0.25) is 0 Å². The SMILES string of the molecule is CCN(CC)CCNC(=O)c1c(C)[nH]c(C[C@H]2C(=O)N=C3C=CC(F)=C[C@@H]32)c1C. The van der Waals surface area contributed by atoms with Crippen molar-refractivity contribution in [2.45, 2.75) is 34.1 Å². The number of carbonyl (C=O) groups is 2. The van der Waals surface area contributed by atoms with Crippen molar-refractivity contribution < 1.29 is 14.0 Å². The van der Waals surface area contributed by atoms with Gasteiger partial charge in [0.25, 0.3) is 5.91 Å². The molecule has 29 heavy (non-hydrogen) atoms. The molecule has 2 N–H and O–H groups in total. The Kier molecular flexibility index (Phi) is 6.47. The predicted octanol–water partition coefficient (Wildman–Crippen LogP) is 2.88. The lowest BCUT2D eigenvalue weighted by atomic mass is 9.84. The van der Waals surface area contributed by atoms with Crippen molar-refractivity contribution in [2.24, 2.45) is 16.8 Å². The number of rotatable bonds is 8. The molecule has 1 aromatic rings. The number of hydrogen-bond acceptors (Lipinski definition) is 3. The summed E-state index contributed by atoms with van der Waals surface area (Å²) in [5, 5.41) is 2.99. The Morgan fingerprint density at radius 2 is 2.00 bits per heavy atom. The first-order valence-electron chi connectivity index (χ1n) is 10.2. The zero-order valence-corrected chi connectivity index (χ0v) is 17.5. The number of amides is 2. The van der Waals surface area contributed by atoms with E-state index in [1.165, 1.54) is 12.2 Å². The Hall–Kier alpha value is -2.54. The smallest absolute Gasteiger partial charge is 0.253 e. The number of hydrogen-bond donors (Lipinski definition) is 2. The highest BCUT2D eigenvalue weighted by molar-refractivity contribution is 6.12. The highest BCUT2D eigenvalue weighted by Crippen LogP contribution is 2.33. The van der Waals surface area contributed by atoms with Gasteiger partial charge in [0, 0.05) is 36.8 Å². The van der Waals surface area contributed by atoms with Crippen molar-refractivity contribution in [3.8, 4) is 0 Å². The molecule has 0 unspecified atom stereocenters. The Labute approximate surface area is 171 Å². The zero-order valence-electron chi connectivity index (χ0n) is 17.5. The Bertz CT molecular complexity index is 893. The summed E-state index contributed by atoms with van der Waals surface area (Å²) >= 11 is 0. The number of nitrogens with zero attached hydrogens (tertiary/aromatic N) is 2. The monoisotopic (exact) mass is 400 g/mol. The van der Waals surface area contributed by atoms with Crippen LogP contribution in [-0.2, 0) is 11.2 Å². The zero-order chi connectivity index (χ0) is 21.1. The van der Waals surface area contributed by atoms with E-state index in [0.717, 1.165) is 36.6 Å². The molecule has 0 bridgehead atoms. The van der Waals surface area contributed by atoms with Gasteiger partial charge >= 0.3 is 0 Å². The van der Waals surface area contributed by atoms with E-state index in [-0.39, 0.29) is 23.6 Å². The highest BCUT2D eigenvalue weighted by Gasteiger charge is 2.38. The van der Waals surface area contributed by atoms with Crippen molar-refractivity contribution in [3.05, 3.63) is 46.6 Å². The number of aryl methyl sites for hydroxylation is 1. The number of nitrogens with one attached hydrogen (secondary N) is 2. The molecule has 7 heteroatoms. The summed E-state index contributed by atoms with van der Waals surface area (Å²) < 4.78 is 13.7. The summed E-state index contributed by atoms with van der Waals surface area (Å²) in [7, 11) is 0. The molecule has 2 aliphatic rings. The Morgan fingerprint density at radius 3 is 2.69 bits per heavy atom. The van der Waals surface area contributed by atoms with Gasteiger partial charge in [0.1, 0.15) is 5.83 Å². The van der Waals surface area contributed by atoms with Gasteiger partial charge in [0.15, 0.2) is 0 Å². The van der Waals surface area contributed by atoms with Crippen molar-refractivity contribution >= 4 is 17.5 Å². The number of H-pyrrole nitrogens is 1. The number of allylic oxidation sites excluding steroid dienone is 4. The molecule has 2 amide bonds. The van der Waals surface area contributed by atoms with Gasteiger partial charge in [0.2, 0.25) is 5.91 Å². The quantitative estimate of drug-likeness (QED) is 0.704. The number of aromatic nitrogens is 1. The van der Waals surface area contributed by atoms with Crippen LogP contribution in [0.5, 0.6) is 0 Å². The molecule has 1 aliphatic carbocycles. The van der Waals surface area contributed by atoms with Gasteiger partial charge in [-0.15, -0.1) is 0 Å². The van der Waals surface area contributed by atoms with Gasteiger partial charge in [-0.25, -0.2) is 9.38 Å². The van der Waals surface area contributed by atoms with Crippen LogP contribution in [0.25, 0.3) is 0 Å². The van der Waals surface area contributed by atoms with E-state index in [0.29, 0.717) is 24.2 Å². The molecular formula is C22H29FN4O2. The van der Waals surface area contributed by atoms with Gasteiger partial charge in [-0.2, -0.15) is 0 Å². The fraction of sp³-hybridized carbons (Fsp3) is 0.500. The van der Waals surface area contributed by atoms with E-state index in [1.807, 2.05) is 13.8 Å². The second-order valence-corrected chi connectivity index (χ2v) is 7.61. The molecule has 6 nitrogen and oxygen atoms in total. The average molecular weight is 400 g/mol. The second-order valence-electron chi connectivity index (χ2n) is 7.61. The molecule has 0 radical (unpaired) electrons. The molecule has 0 saturated heterocycles. The van der Waals surface area contributed by atoms with Gasteiger partial charge in [0.05, 0.1) is 17.2 Å². The fourth-order valence-corrected chi connectivity index (χ4v) is 4.14. The van der Waals surface area contributed by atoms with E-state index >= 15 is 0 Å². The normalized spacial score (nSPS) is 20.7. The van der Waals surface area contributed by atoms with Crippen molar-refractivity contribution in [2.75, 3.05) is 26.2 Å². The fourth-order valence-electron chi connectivity index (χ4n) is 4.14. The summed E-state index contributed by atoms with van der Waals surface area (Å²) in [6.07, 6.45) is 4.75. The van der Waals surface area contributed by atoms with Gasteiger partial charge in [-0.3, -0.25) is 9.59 Å². The largest absolute Gasteiger partial charge is 0.362 e. The number of carbonyl (C=O) groups excluding carboxylic acids is 2.